The van der Waals surface area contributed by atoms with Crippen molar-refractivity contribution in [3.63, 3.8) is 0 Å². The standard InChI is InChI=1S/C16H15ClN2O4S2/c1-8-13(16(20)21)14(15-12(18-8)7-24-4-5-25-15)10-6-9(19(22)23)2-3-11(10)17/h2-3,6,14-15H,4-5,7H2,1H3,(H,20,21). The van der Waals surface area contributed by atoms with Gasteiger partial charge in [-0.05, 0) is 18.6 Å². The van der Waals surface area contributed by atoms with E-state index in [1.807, 2.05) is 0 Å². The molecule has 2 aliphatic rings. The number of allylic oxidation sites excluding steroid dienone is 1. The van der Waals surface area contributed by atoms with Crippen LogP contribution in [0.3, 0.4) is 0 Å². The summed E-state index contributed by atoms with van der Waals surface area (Å²) in [6.07, 6.45) is 0. The Morgan fingerprint density at radius 1 is 1.44 bits per heavy atom. The van der Waals surface area contributed by atoms with Crippen LogP contribution in [-0.4, -0.2) is 44.2 Å². The molecule has 0 amide bonds. The van der Waals surface area contributed by atoms with Crippen LogP contribution >= 0.6 is 35.1 Å². The van der Waals surface area contributed by atoms with E-state index in [0.29, 0.717) is 16.3 Å². The van der Waals surface area contributed by atoms with Gasteiger partial charge in [-0.3, -0.25) is 15.1 Å². The molecule has 1 N–H and O–H groups in total. The first-order valence-corrected chi connectivity index (χ1v) is 10.1. The molecule has 1 saturated heterocycles. The van der Waals surface area contributed by atoms with Crippen LogP contribution in [0.15, 0.2) is 34.5 Å². The predicted octanol–water partition coefficient (Wildman–Crippen LogP) is 3.99. The number of thioether (sulfide) groups is 2. The van der Waals surface area contributed by atoms with Crippen molar-refractivity contribution in [1.82, 2.24) is 0 Å². The van der Waals surface area contributed by atoms with Crippen molar-refractivity contribution in [2.45, 2.75) is 18.1 Å². The lowest BCUT2D eigenvalue weighted by Crippen LogP contribution is -2.34. The molecule has 0 aliphatic carbocycles. The van der Waals surface area contributed by atoms with Crippen molar-refractivity contribution in [2.24, 2.45) is 4.99 Å². The number of nitro groups is 1. The third-order valence-electron chi connectivity index (χ3n) is 4.17. The minimum Gasteiger partial charge on any atom is -0.478 e. The molecule has 2 atom stereocenters. The quantitative estimate of drug-likeness (QED) is 0.611. The summed E-state index contributed by atoms with van der Waals surface area (Å²) in [5.41, 5.74) is 1.90. The Labute approximate surface area is 157 Å². The number of fused-ring (bicyclic) bond motifs is 1. The van der Waals surface area contributed by atoms with E-state index in [1.165, 1.54) is 18.2 Å². The lowest BCUT2D eigenvalue weighted by Gasteiger charge is -2.32. The van der Waals surface area contributed by atoms with Gasteiger partial charge in [0.25, 0.3) is 5.69 Å². The van der Waals surface area contributed by atoms with Gasteiger partial charge in [-0.1, -0.05) is 11.6 Å². The van der Waals surface area contributed by atoms with E-state index in [1.54, 1.807) is 30.4 Å². The number of benzene rings is 1. The van der Waals surface area contributed by atoms with Gasteiger partial charge in [0.15, 0.2) is 0 Å². The summed E-state index contributed by atoms with van der Waals surface area (Å²) >= 11 is 9.73. The van der Waals surface area contributed by atoms with Crippen LogP contribution in [0.1, 0.15) is 18.4 Å². The number of nitrogens with zero attached hydrogens (tertiary/aromatic N) is 2. The maximum atomic E-state index is 11.9. The second-order valence-electron chi connectivity index (χ2n) is 5.69. The Morgan fingerprint density at radius 2 is 2.20 bits per heavy atom. The van der Waals surface area contributed by atoms with Crippen molar-refractivity contribution in [3.8, 4) is 0 Å². The zero-order chi connectivity index (χ0) is 18.1. The molecule has 1 aromatic carbocycles. The zero-order valence-corrected chi connectivity index (χ0v) is 15.7. The fourth-order valence-electron chi connectivity index (χ4n) is 3.12. The highest BCUT2D eigenvalue weighted by Gasteiger charge is 2.40. The van der Waals surface area contributed by atoms with Crippen LogP contribution in [0.5, 0.6) is 0 Å². The molecular formula is C16H15ClN2O4S2. The maximum absolute atomic E-state index is 11.9. The van der Waals surface area contributed by atoms with E-state index >= 15 is 0 Å². The molecule has 2 aliphatic heterocycles. The molecule has 1 aromatic rings. The number of halogens is 1. The van der Waals surface area contributed by atoms with Crippen LogP contribution in [0.4, 0.5) is 5.69 Å². The first-order chi connectivity index (χ1) is 11.9. The van der Waals surface area contributed by atoms with Gasteiger partial charge in [0.2, 0.25) is 0 Å². The van der Waals surface area contributed by atoms with Crippen LogP contribution in [-0.2, 0) is 4.79 Å². The third kappa shape index (κ3) is 3.56. The second-order valence-corrected chi connectivity index (χ2v) is 8.45. The summed E-state index contributed by atoms with van der Waals surface area (Å²) in [6, 6.07) is 4.19. The fraction of sp³-hybridized carbons (Fsp3) is 0.375. The Balaban J connectivity index is 2.19. The number of hydrogen-bond donors (Lipinski definition) is 1. The predicted molar refractivity (Wildman–Crippen MR) is 102 cm³/mol. The van der Waals surface area contributed by atoms with E-state index in [4.69, 9.17) is 11.6 Å². The lowest BCUT2D eigenvalue weighted by atomic mass is 9.83. The van der Waals surface area contributed by atoms with Gasteiger partial charge in [0, 0.05) is 51.7 Å². The van der Waals surface area contributed by atoms with Gasteiger partial charge >= 0.3 is 5.97 Å². The van der Waals surface area contributed by atoms with Crippen LogP contribution in [0.25, 0.3) is 0 Å². The molecule has 1 fully saturated rings. The monoisotopic (exact) mass is 398 g/mol. The summed E-state index contributed by atoms with van der Waals surface area (Å²) in [5.74, 6) is 0.928. The molecule has 2 heterocycles. The molecule has 6 nitrogen and oxygen atoms in total. The maximum Gasteiger partial charge on any atom is 0.334 e. The summed E-state index contributed by atoms with van der Waals surface area (Å²) in [4.78, 5) is 27.1. The molecule has 0 spiro atoms. The number of aliphatic carboxylic acids is 1. The van der Waals surface area contributed by atoms with Gasteiger partial charge in [-0.15, -0.1) is 0 Å². The van der Waals surface area contributed by atoms with Gasteiger partial charge in [0.1, 0.15) is 0 Å². The van der Waals surface area contributed by atoms with Crippen LogP contribution in [0, 0.1) is 10.1 Å². The molecule has 3 rings (SSSR count). The number of carbonyl (C=O) groups is 1. The Kier molecular flexibility index (Phi) is 5.41. The number of carboxylic acids is 1. The number of nitro benzene ring substituents is 1. The molecule has 0 aromatic heterocycles. The summed E-state index contributed by atoms with van der Waals surface area (Å²) in [7, 11) is 0. The number of carboxylic acid groups (broad SMARTS) is 1. The SMILES string of the molecule is CC1=C(C(=O)O)C(c2cc([N+](=O)[O-])ccc2Cl)C2SCCSCC2=N1. The number of non-ortho nitro benzene ring substituents is 1. The highest BCUT2D eigenvalue weighted by molar-refractivity contribution is 8.05. The lowest BCUT2D eigenvalue weighted by molar-refractivity contribution is -0.384. The van der Waals surface area contributed by atoms with Crippen molar-refractivity contribution < 1.29 is 14.8 Å². The second kappa shape index (κ2) is 7.39. The van der Waals surface area contributed by atoms with Crippen molar-refractivity contribution in [1.29, 1.82) is 0 Å². The van der Waals surface area contributed by atoms with Crippen molar-refractivity contribution in [3.05, 3.63) is 50.2 Å². The number of rotatable bonds is 3. The van der Waals surface area contributed by atoms with Gasteiger partial charge in [0.05, 0.1) is 15.7 Å². The van der Waals surface area contributed by atoms with E-state index in [2.05, 4.69) is 4.99 Å². The summed E-state index contributed by atoms with van der Waals surface area (Å²) < 4.78 is 0. The Hall–Kier alpha value is -1.51. The topological polar surface area (TPSA) is 92.8 Å². The first-order valence-electron chi connectivity index (χ1n) is 7.55. The van der Waals surface area contributed by atoms with E-state index in [0.717, 1.165) is 23.0 Å². The third-order valence-corrected chi connectivity index (χ3v) is 7.11. The van der Waals surface area contributed by atoms with E-state index in [-0.39, 0.29) is 16.5 Å². The van der Waals surface area contributed by atoms with Crippen molar-refractivity contribution >= 4 is 52.5 Å². The fourth-order valence-corrected chi connectivity index (χ4v) is 5.97. The number of aliphatic imine (C=N–C) groups is 1. The molecule has 0 bridgehead atoms. The molecule has 132 valence electrons. The highest BCUT2D eigenvalue weighted by atomic mass is 35.5. The minimum absolute atomic E-state index is 0.0983. The average Bonchev–Trinajstić information content (AvgIpc) is 2.78. The molecule has 25 heavy (non-hydrogen) atoms. The van der Waals surface area contributed by atoms with E-state index < -0.39 is 16.8 Å². The molecular weight excluding hydrogens is 384 g/mol. The Morgan fingerprint density at radius 3 is 2.88 bits per heavy atom. The average molecular weight is 399 g/mol. The molecule has 2 unspecified atom stereocenters. The summed E-state index contributed by atoms with van der Waals surface area (Å²) in [6.45, 7) is 1.67. The molecule has 9 heteroatoms. The largest absolute Gasteiger partial charge is 0.478 e. The van der Waals surface area contributed by atoms with Gasteiger partial charge < -0.3 is 5.11 Å². The van der Waals surface area contributed by atoms with Crippen LogP contribution < -0.4 is 0 Å². The first kappa shape index (κ1) is 18.3. The minimum atomic E-state index is -1.06. The van der Waals surface area contributed by atoms with Crippen LogP contribution in [0.2, 0.25) is 5.02 Å². The smallest absolute Gasteiger partial charge is 0.334 e. The molecule has 0 radical (unpaired) electrons. The summed E-state index contributed by atoms with van der Waals surface area (Å²) in [5, 5.41) is 21.1. The Bertz CT molecular complexity index is 809. The zero-order valence-electron chi connectivity index (χ0n) is 13.3. The van der Waals surface area contributed by atoms with Crippen molar-refractivity contribution in [2.75, 3.05) is 17.3 Å². The highest BCUT2D eigenvalue weighted by Crippen LogP contribution is 2.45. The normalized spacial score (nSPS) is 23.5. The van der Waals surface area contributed by atoms with E-state index in [9.17, 15) is 20.0 Å². The van der Waals surface area contributed by atoms with Gasteiger partial charge in [-0.2, -0.15) is 23.5 Å². The number of hydrogen-bond acceptors (Lipinski definition) is 6. The molecule has 0 saturated carbocycles. The van der Waals surface area contributed by atoms with Gasteiger partial charge in [-0.25, -0.2) is 4.79 Å².